The molecule has 2 heterocycles. The van der Waals surface area contributed by atoms with Crippen LogP contribution in [0.5, 0.6) is 0 Å². The fourth-order valence-corrected chi connectivity index (χ4v) is 2.73. The van der Waals surface area contributed by atoms with Gasteiger partial charge in [0, 0.05) is 12.1 Å². The van der Waals surface area contributed by atoms with Gasteiger partial charge in [-0.25, -0.2) is 4.98 Å². The fourth-order valence-electron chi connectivity index (χ4n) is 2.73. The summed E-state index contributed by atoms with van der Waals surface area (Å²) < 4.78 is 2.16. The maximum atomic E-state index is 5.95. The van der Waals surface area contributed by atoms with Crippen LogP contribution in [-0.2, 0) is 0 Å². The van der Waals surface area contributed by atoms with Gasteiger partial charge in [-0.2, -0.15) is 0 Å². The van der Waals surface area contributed by atoms with E-state index in [0.717, 1.165) is 11.3 Å². The molecule has 0 spiro atoms. The number of pyridine rings is 1. The molecule has 3 rings (SSSR count). The molecule has 2 aromatic rings. The van der Waals surface area contributed by atoms with Crippen LogP contribution in [0.1, 0.15) is 43.8 Å². The van der Waals surface area contributed by atoms with Gasteiger partial charge < -0.3 is 10.1 Å². The average Bonchev–Trinajstić information content (AvgIpc) is 2.69. The monoisotopic (exact) mass is 215 g/mol. The van der Waals surface area contributed by atoms with Crippen LogP contribution in [0.15, 0.2) is 24.4 Å². The van der Waals surface area contributed by atoms with Crippen LogP contribution >= 0.6 is 0 Å². The lowest BCUT2D eigenvalue weighted by Gasteiger charge is -2.20. The number of nitrogens with two attached hydrogens (primary N) is 1. The van der Waals surface area contributed by atoms with Crippen molar-refractivity contribution in [3.05, 3.63) is 30.2 Å². The Kier molecular flexibility index (Phi) is 2.31. The van der Waals surface area contributed by atoms with Gasteiger partial charge in [0.05, 0.1) is 5.52 Å². The minimum atomic E-state index is 0.598. The number of aromatic nitrogens is 2. The first-order valence-electron chi connectivity index (χ1n) is 6.09. The molecule has 1 fully saturated rings. The van der Waals surface area contributed by atoms with Gasteiger partial charge in [-0.1, -0.05) is 25.3 Å². The number of rotatable bonds is 1. The van der Waals surface area contributed by atoms with Crippen LogP contribution in [0.3, 0.4) is 0 Å². The number of hydrogen-bond acceptors (Lipinski definition) is 2. The van der Waals surface area contributed by atoms with Gasteiger partial charge >= 0.3 is 0 Å². The lowest BCUT2D eigenvalue weighted by atomic mass is 9.89. The van der Waals surface area contributed by atoms with Gasteiger partial charge in [0.1, 0.15) is 11.6 Å². The molecule has 0 aliphatic heterocycles. The van der Waals surface area contributed by atoms with Gasteiger partial charge in [-0.15, -0.1) is 0 Å². The first-order chi connectivity index (χ1) is 7.86. The lowest BCUT2D eigenvalue weighted by Crippen LogP contribution is -2.08. The second kappa shape index (κ2) is 3.81. The van der Waals surface area contributed by atoms with E-state index in [0.29, 0.717) is 11.7 Å². The predicted octanol–water partition coefficient (Wildman–Crippen LogP) is 2.96. The predicted molar refractivity (Wildman–Crippen MR) is 65.4 cm³/mol. The minimum Gasteiger partial charge on any atom is -0.382 e. The van der Waals surface area contributed by atoms with Crippen molar-refractivity contribution >= 4 is 11.3 Å². The number of hydrogen-bond donors (Lipinski definition) is 1. The Morgan fingerprint density at radius 1 is 1.19 bits per heavy atom. The van der Waals surface area contributed by atoms with Gasteiger partial charge in [-0.05, 0) is 25.0 Å². The molecule has 1 aliphatic rings. The number of nitrogens with zero attached hydrogens (tertiary/aromatic N) is 2. The normalized spacial score (nSPS) is 18.0. The van der Waals surface area contributed by atoms with Crippen molar-refractivity contribution in [3.63, 3.8) is 0 Å². The zero-order valence-electron chi connectivity index (χ0n) is 9.39. The van der Waals surface area contributed by atoms with Crippen LogP contribution in [0.2, 0.25) is 0 Å². The Balaban J connectivity index is 2.08. The van der Waals surface area contributed by atoms with Crippen molar-refractivity contribution in [1.29, 1.82) is 0 Å². The molecule has 3 nitrogen and oxygen atoms in total. The summed E-state index contributed by atoms with van der Waals surface area (Å²) in [6.07, 6.45) is 8.61. The van der Waals surface area contributed by atoms with Gasteiger partial charge in [0.25, 0.3) is 0 Å². The Bertz CT molecular complexity index is 495. The SMILES string of the molecule is Nc1nc(C2CCCCC2)n2ccccc12. The van der Waals surface area contributed by atoms with Crippen LogP contribution < -0.4 is 5.73 Å². The maximum absolute atomic E-state index is 5.95. The molecule has 1 aliphatic carbocycles. The summed E-state index contributed by atoms with van der Waals surface area (Å²) in [4.78, 5) is 4.55. The highest BCUT2D eigenvalue weighted by Crippen LogP contribution is 2.33. The van der Waals surface area contributed by atoms with Gasteiger partial charge in [0.2, 0.25) is 0 Å². The highest BCUT2D eigenvalue weighted by Gasteiger charge is 2.20. The molecule has 0 saturated heterocycles. The van der Waals surface area contributed by atoms with Crippen molar-refractivity contribution in [1.82, 2.24) is 9.38 Å². The van der Waals surface area contributed by atoms with E-state index < -0.39 is 0 Å². The van der Waals surface area contributed by atoms with Crippen LogP contribution in [0, 0.1) is 0 Å². The van der Waals surface area contributed by atoms with Crippen molar-refractivity contribution in [2.45, 2.75) is 38.0 Å². The minimum absolute atomic E-state index is 0.598. The van der Waals surface area contributed by atoms with Crippen LogP contribution in [0.25, 0.3) is 5.52 Å². The molecule has 1 saturated carbocycles. The van der Waals surface area contributed by atoms with Crippen molar-refractivity contribution in [2.75, 3.05) is 5.73 Å². The molecule has 0 aromatic carbocycles. The molecular weight excluding hydrogens is 198 g/mol. The average molecular weight is 215 g/mol. The smallest absolute Gasteiger partial charge is 0.149 e. The highest BCUT2D eigenvalue weighted by molar-refractivity contribution is 5.66. The highest BCUT2D eigenvalue weighted by atomic mass is 15.1. The zero-order valence-corrected chi connectivity index (χ0v) is 9.39. The standard InChI is InChI=1S/C13H17N3/c14-12-11-8-4-5-9-16(11)13(15-12)10-6-2-1-3-7-10/h4-5,8-10H,1-3,6-7,14H2. The molecule has 16 heavy (non-hydrogen) atoms. The third-order valence-corrected chi connectivity index (χ3v) is 3.57. The summed E-state index contributed by atoms with van der Waals surface area (Å²) in [5.74, 6) is 2.43. The van der Waals surface area contributed by atoms with Crippen molar-refractivity contribution < 1.29 is 0 Å². The first-order valence-corrected chi connectivity index (χ1v) is 6.09. The van der Waals surface area contributed by atoms with E-state index in [1.165, 1.54) is 32.1 Å². The molecular formula is C13H17N3. The van der Waals surface area contributed by atoms with E-state index in [1.807, 2.05) is 18.2 Å². The summed E-state index contributed by atoms with van der Waals surface area (Å²) in [6.45, 7) is 0. The molecule has 2 N–H and O–H groups in total. The maximum Gasteiger partial charge on any atom is 0.149 e. The Hall–Kier alpha value is -1.51. The Morgan fingerprint density at radius 3 is 2.81 bits per heavy atom. The molecule has 0 unspecified atom stereocenters. The number of anilines is 1. The summed E-state index contributed by atoms with van der Waals surface area (Å²) in [5.41, 5.74) is 7.00. The third kappa shape index (κ3) is 1.47. The van der Waals surface area contributed by atoms with Crippen LogP contribution in [-0.4, -0.2) is 9.38 Å². The van der Waals surface area contributed by atoms with E-state index >= 15 is 0 Å². The van der Waals surface area contributed by atoms with Crippen molar-refractivity contribution in [2.24, 2.45) is 0 Å². The number of nitrogen functional groups attached to an aromatic ring is 1. The molecule has 84 valence electrons. The second-order valence-electron chi connectivity index (χ2n) is 4.65. The fraction of sp³-hybridized carbons (Fsp3) is 0.462. The topological polar surface area (TPSA) is 43.3 Å². The van der Waals surface area contributed by atoms with E-state index in [9.17, 15) is 0 Å². The summed E-state index contributed by atoms with van der Waals surface area (Å²) >= 11 is 0. The molecule has 0 atom stereocenters. The second-order valence-corrected chi connectivity index (χ2v) is 4.65. The number of imidazole rings is 1. The quantitative estimate of drug-likeness (QED) is 0.794. The van der Waals surface area contributed by atoms with Gasteiger partial charge in [-0.3, -0.25) is 0 Å². The lowest BCUT2D eigenvalue weighted by molar-refractivity contribution is 0.428. The summed E-state index contributed by atoms with van der Waals surface area (Å²) in [5, 5.41) is 0. The van der Waals surface area contributed by atoms with E-state index in [-0.39, 0.29) is 0 Å². The molecule has 0 radical (unpaired) electrons. The summed E-state index contributed by atoms with van der Waals surface area (Å²) in [7, 11) is 0. The molecule has 0 bridgehead atoms. The Labute approximate surface area is 95.3 Å². The van der Waals surface area contributed by atoms with E-state index in [2.05, 4.69) is 15.6 Å². The largest absolute Gasteiger partial charge is 0.382 e. The molecule has 3 heteroatoms. The first kappa shape index (κ1) is 9.70. The van der Waals surface area contributed by atoms with Crippen LogP contribution in [0.4, 0.5) is 5.82 Å². The van der Waals surface area contributed by atoms with E-state index in [1.54, 1.807) is 0 Å². The van der Waals surface area contributed by atoms with Crippen molar-refractivity contribution in [3.8, 4) is 0 Å². The molecule has 2 aromatic heterocycles. The van der Waals surface area contributed by atoms with Gasteiger partial charge in [0.15, 0.2) is 0 Å². The third-order valence-electron chi connectivity index (χ3n) is 3.57. The summed E-state index contributed by atoms with van der Waals surface area (Å²) in [6, 6.07) is 6.09. The molecule has 0 amide bonds. The zero-order chi connectivity index (χ0) is 11.0. The number of fused-ring (bicyclic) bond motifs is 1. The Morgan fingerprint density at radius 2 is 2.00 bits per heavy atom. The van der Waals surface area contributed by atoms with E-state index in [4.69, 9.17) is 5.73 Å².